The van der Waals surface area contributed by atoms with Crippen molar-refractivity contribution in [1.82, 2.24) is 15.2 Å². The van der Waals surface area contributed by atoms with E-state index >= 15 is 0 Å². The fourth-order valence-electron chi connectivity index (χ4n) is 4.61. The maximum absolute atomic E-state index is 12.6. The molecule has 1 aliphatic carbocycles. The Hall–Kier alpha value is -1.95. The molecule has 2 atom stereocenters. The van der Waals surface area contributed by atoms with Crippen LogP contribution in [0.15, 0.2) is 24.4 Å². The predicted molar refractivity (Wildman–Crippen MR) is 99.6 cm³/mol. The summed E-state index contributed by atoms with van der Waals surface area (Å²) in [6, 6.07) is 5.73. The molecule has 4 rings (SSSR count). The molecule has 1 aromatic heterocycles. The molecule has 2 amide bonds. The van der Waals surface area contributed by atoms with Gasteiger partial charge in [0, 0.05) is 44.8 Å². The quantitative estimate of drug-likeness (QED) is 0.874. The van der Waals surface area contributed by atoms with Crippen LogP contribution in [0.4, 0.5) is 5.82 Å². The zero-order valence-electron chi connectivity index (χ0n) is 15.3. The number of rotatable bonds is 5. The first kappa shape index (κ1) is 17.5. The van der Waals surface area contributed by atoms with Crippen LogP contribution in [-0.2, 0) is 9.59 Å². The van der Waals surface area contributed by atoms with Gasteiger partial charge in [0.25, 0.3) is 0 Å². The third-order valence-corrected chi connectivity index (χ3v) is 6.03. The fourth-order valence-corrected chi connectivity index (χ4v) is 4.61. The van der Waals surface area contributed by atoms with Crippen LogP contribution in [0.25, 0.3) is 0 Å². The van der Waals surface area contributed by atoms with E-state index in [1.807, 2.05) is 18.2 Å². The van der Waals surface area contributed by atoms with Gasteiger partial charge in [0.2, 0.25) is 11.8 Å². The summed E-state index contributed by atoms with van der Waals surface area (Å²) in [5, 5.41) is 3.19. The van der Waals surface area contributed by atoms with Gasteiger partial charge in [0.15, 0.2) is 0 Å². The van der Waals surface area contributed by atoms with Crippen LogP contribution >= 0.6 is 0 Å². The maximum Gasteiger partial charge on any atom is 0.229 e. The summed E-state index contributed by atoms with van der Waals surface area (Å²) in [6.07, 6.45) is 8.45. The van der Waals surface area contributed by atoms with E-state index in [1.165, 1.54) is 32.2 Å². The van der Waals surface area contributed by atoms with Crippen molar-refractivity contribution < 1.29 is 9.59 Å². The molecule has 1 aromatic rings. The van der Waals surface area contributed by atoms with E-state index in [0.29, 0.717) is 12.4 Å². The number of carbonyl (C=O) groups is 2. The van der Waals surface area contributed by atoms with Gasteiger partial charge in [-0.15, -0.1) is 0 Å². The molecule has 1 saturated carbocycles. The van der Waals surface area contributed by atoms with Crippen molar-refractivity contribution in [3.8, 4) is 0 Å². The third-order valence-electron chi connectivity index (χ3n) is 6.03. The van der Waals surface area contributed by atoms with Crippen molar-refractivity contribution in [3.63, 3.8) is 0 Å². The molecule has 26 heavy (non-hydrogen) atoms. The lowest BCUT2D eigenvalue weighted by Gasteiger charge is -2.21. The van der Waals surface area contributed by atoms with Crippen LogP contribution < -0.4 is 10.2 Å². The van der Waals surface area contributed by atoms with Gasteiger partial charge >= 0.3 is 0 Å². The Kier molecular flexibility index (Phi) is 5.20. The highest BCUT2D eigenvalue weighted by Gasteiger charge is 2.37. The molecule has 2 aliphatic heterocycles. The molecule has 6 nitrogen and oxygen atoms in total. The van der Waals surface area contributed by atoms with Gasteiger partial charge in [-0.25, -0.2) is 4.98 Å². The molecule has 3 aliphatic rings. The van der Waals surface area contributed by atoms with E-state index in [2.05, 4.69) is 15.2 Å². The second kappa shape index (κ2) is 7.74. The van der Waals surface area contributed by atoms with E-state index in [0.717, 1.165) is 25.4 Å². The fraction of sp³-hybridized carbons (Fsp3) is 0.650. The second-order valence-electron chi connectivity index (χ2n) is 8.00. The van der Waals surface area contributed by atoms with Crippen molar-refractivity contribution in [3.05, 3.63) is 24.4 Å². The van der Waals surface area contributed by atoms with Crippen molar-refractivity contribution >= 4 is 17.6 Å². The summed E-state index contributed by atoms with van der Waals surface area (Å²) < 4.78 is 0. The summed E-state index contributed by atoms with van der Waals surface area (Å²) >= 11 is 0. The number of amides is 2. The van der Waals surface area contributed by atoms with Crippen LogP contribution in [0.1, 0.15) is 38.5 Å². The highest BCUT2D eigenvalue weighted by atomic mass is 16.2. The number of nitrogens with one attached hydrogen (secondary N) is 1. The average Bonchev–Trinajstić information content (AvgIpc) is 3.38. The van der Waals surface area contributed by atoms with E-state index in [1.54, 1.807) is 11.1 Å². The molecule has 0 aromatic carbocycles. The number of aromatic nitrogens is 1. The molecule has 140 valence electrons. The topological polar surface area (TPSA) is 65.5 Å². The summed E-state index contributed by atoms with van der Waals surface area (Å²) in [5.74, 6) is 1.22. The predicted octanol–water partition coefficient (Wildman–Crippen LogP) is 1.82. The normalized spacial score (nSPS) is 27.4. The molecule has 0 bridgehead atoms. The number of hydrogen-bond donors (Lipinski definition) is 1. The summed E-state index contributed by atoms with van der Waals surface area (Å²) in [5.41, 5.74) is 0. The first-order chi connectivity index (χ1) is 12.7. The third kappa shape index (κ3) is 3.90. The smallest absolute Gasteiger partial charge is 0.229 e. The first-order valence-corrected chi connectivity index (χ1v) is 9.93. The minimum Gasteiger partial charge on any atom is -0.352 e. The van der Waals surface area contributed by atoms with Gasteiger partial charge in [-0.1, -0.05) is 18.9 Å². The minimum atomic E-state index is -0.270. The molecule has 1 N–H and O–H groups in total. The number of hydrogen-bond acceptors (Lipinski definition) is 4. The number of carbonyl (C=O) groups excluding carboxylic acids is 2. The Bertz CT molecular complexity index is 644. The Balaban J connectivity index is 1.27. The second-order valence-corrected chi connectivity index (χ2v) is 8.00. The van der Waals surface area contributed by atoms with Crippen molar-refractivity contribution in [1.29, 1.82) is 0 Å². The van der Waals surface area contributed by atoms with Gasteiger partial charge in [-0.2, -0.15) is 0 Å². The zero-order valence-corrected chi connectivity index (χ0v) is 15.3. The maximum atomic E-state index is 12.6. The molecular formula is C20H28N4O2. The van der Waals surface area contributed by atoms with E-state index in [9.17, 15) is 9.59 Å². The van der Waals surface area contributed by atoms with Crippen molar-refractivity contribution in [2.24, 2.45) is 11.8 Å². The Morgan fingerprint density at radius 1 is 1.19 bits per heavy atom. The number of pyridine rings is 1. The lowest BCUT2D eigenvalue weighted by molar-refractivity contribution is -0.126. The number of likely N-dealkylation sites (tertiary alicyclic amines) is 1. The molecular weight excluding hydrogens is 328 g/mol. The van der Waals surface area contributed by atoms with Crippen molar-refractivity contribution in [2.45, 2.75) is 44.6 Å². The molecule has 0 spiro atoms. The Labute approximate surface area is 155 Å². The Morgan fingerprint density at radius 2 is 2.04 bits per heavy atom. The van der Waals surface area contributed by atoms with Gasteiger partial charge in [-0.3, -0.25) is 14.5 Å². The summed E-state index contributed by atoms with van der Waals surface area (Å²) in [7, 11) is 0. The van der Waals surface area contributed by atoms with Crippen LogP contribution in [-0.4, -0.2) is 53.9 Å². The molecule has 0 unspecified atom stereocenters. The highest BCUT2D eigenvalue weighted by molar-refractivity contribution is 5.99. The first-order valence-electron chi connectivity index (χ1n) is 9.93. The monoisotopic (exact) mass is 356 g/mol. The Morgan fingerprint density at radius 3 is 2.81 bits per heavy atom. The van der Waals surface area contributed by atoms with E-state index in [4.69, 9.17) is 0 Å². The van der Waals surface area contributed by atoms with Crippen LogP contribution in [0.5, 0.6) is 0 Å². The average molecular weight is 356 g/mol. The standard InChI is InChI=1S/C20H28N4O2/c25-19-11-16(13-24(19)18-7-3-4-9-21-18)20(26)22-17-8-10-23(14-17)12-15-5-1-2-6-15/h3-4,7,9,15-17H,1-2,5-6,8,10-14H2,(H,22,26)/t16-,17-/m0/s1. The lowest BCUT2D eigenvalue weighted by atomic mass is 10.1. The molecule has 0 radical (unpaired) electrons. The minimum absolute atomic E-state index is 0.0156. The number of anilines is 1. The lowest BCUT2D eigenvalue weighted by Crippen LogP contribution is -2.41. The molecule has 3 heterocycles. The van der Waals surface area contributed by atoms with Gasteiger partial charge < -0.3 is 10.2 Å². The molecule has 2 saturated heterocycles. The van der Waals surface area contributed by atoms with Gasteiger partial charge in [0.1, 0.15) is 5.82 Å². The largest absolute Gasteiger partial charge is 0.352 e. The van der Waals surface area contributed by atoms with Gasteiger partial charge in [0.05, 0.1) is 5.92 Å². The molecule has 6 heteroatoms. The molecule has 3 fully saturated rings. The number of nitrogens with zero attached hydrogens (tertiary/aromatic N) is 3. The van der Waals surface area contributed by atoms with E-state index < -0.39 is 0 Å². The van der Waals surface area contributed by atoms with Crippen LogP contribution in [0.2, 0.25) is 0 Å². The summed E-state index contributed by atoms with van der Waals surface area (Å²) in [4.78, 5) is 33.3. The summed E-state index contributed by atoms with van der Waals surface area (Å²) in [6.45, 7) is 3.64. The van der Waals surface area contributed by atoms with Gasteiger partial charge in [-0.05, 0) is 37.3 Å². The SMILES string of the molecule is O=C(N[C@H]1CCN(CC2CCCC2)C1)[C@H]1CC(=O)N(c2ccccn2)C1. The van der Waals surface area contributed by atoms with Crippen LogP contribution in [0.3, 0.4) is 0 Å². The highest BCUT2D eigenvalue weighted by Crippen LogP contribution is 2.27. The van der Waals surface area contributed by atoms with E-state index in [-0.39, 0.29) is 30.2 Å². The van der Waals surface area contributed by atoms with Crippen molar-refractivity contribution in [2.75, 3.05) is 31.1 Å². The van der Waals surface area contributed by atoms with Crippen LogP contribution in [0, 0.1) is 11.8 Å². The zero-order chi connectivity index (χ0) is 17.9.